The number of hydrogen-bond acceptors (Lipinski definition) is 4. The van der Waals surface area contributed by atoms with Crippen molar-refractivity contribution in [2.24, 2.45) is 0 Å². The maximum atomic E-state index is 13.2. The largest absolute Gasteiger partial charge is 0.488 e. The molecule has 1 heterocycles. The minimum atomic E-state index is -0.793. The molecule has 3 aromatic carbocycles. The fourth-order valence-corrected chi connectivity index (χ4v) is 3.61. The van der Waals surface area contributed by atoms with Gasteiger partial charge in [0, 0.05) is 10.6 Å². The molecule has 0 aromatic heterocycles. The number of carbonyl (C=O) groups is 3. The number of benzene rings is 3. The highest BCUT2D eigenvalue weighted by molar-refractivity contribution is 6.39. The highest BCUT2D eigenvalue weighted by Gasteiger charge is 2.37. The molecule has 0 bridgehead atoms. The summed E-state index contributed by atoms with van der Waals surface area (Å²) < 4.78 is 5.92. The average molecular weight is 461 g/mol. The van der Waals surface area contributed by atoms with Gasteiger partial charge < -0.3 is 4.74 Å². The van der Waals surface area contributed by atoms with E-state index in [1.165, 1.54) is 6.08 Å². The van der Waals surface area contributed by atoms with Gasteiger partial charge in [0.05, 0.1) is 5.69 Å². The highest BCUT2D eigenvalue weighted by Crippen LogP contribution is 2.28. The molecule has 0 saturated carbocycles. The lowest BCUT2D eigenvalue weighted by Crippen LogP contribution is -2.54. The minimum Gasteiger partial charge on any atom is -0.488 e. The smallest absolute Gasteiger partial charge is 0.335 e. The van der Waals surface area contributed by atoms with Crippen molar-refractivity contribution in [2.45, 2.75) is 20.0 Å². The third-order valence-electron chi connectivity index (χ3n) is 5.21. The second kappa shape index (κ2) is 9.71. The van der Waals surface area contributed by atoms with E-state index < -0.39 is 17.8 Å². The molecule has 0 aliphatic carbocycles. The van der Waals surface area contributed by atoms with Gasteiger partial charge in [-0.15, -0.1) is 0 Å². The molecule has 1 N–H and O–H groups in total. The highest BCUT2D eigenvalue weighted by atomic mass is 35.5. The van der Waals surface area contributed by atoms with Crippen LogP contribution in [0, 0.1) is 0 Å². The first-order chi connectivity index (χ1) is 16.0. The molecule has 3 aromatic rings. The Balaban J connectivity index is 1.66. The molecule has 1 aliphatic rings. The Morgan fingerprint density at radius 2 is 1.67 bits per heavy atom. The van der Waals surface area contributed by atoms with Gasteiger partial charge in [0.15, 0.2) is 0 Å². The zero-order chi connectivity index (χ0) is 23.4. The predicted molar refractivity (Wildman–Crippen MR) is 127 cm³/mol. The van der Waals surface area contributed by atoms with E-state index >= 15 is 0 Å². The van der Waals surface area contributed by atoms with Crippen LogP contribution in [0.1, 0.15) is 23.6 Å². The molecule has 33 heavy (non-hydrogen) atoms. The van der Waals surface area contributed by atoms with Gasteiger partial charge >= 0.3 is 6.03 Å². The van der Waals surface area contributed by atoms with Crippen LogP contribution < -0.4 is 15.0 Å². The Hall–Kier alpha value is -3.90. The summed E-state index contributed by atoms with van der Waals surface area (Å²) in [5, 5.41) is 2.65. The van der Waals surface area contributed by atoms with Crippen LogP contribution in [-0.2, 0) is 22.6 Å². The molecule has 0 radical (unpaired) electrons. The van der Waals surface area contributed by atoms with Crippen LogP contribution in [-0.4, -0.2) is 17.8 Å². The molecule has 0 atom stereocenters. The second-order valence-corrected chi connectivity index (χ2v) is 7.87. The summed E-state index contributed by atoms with van der Waals surface area (Å²) in [4.78, 5) is 39.1. The summed E-state index contributed by atoms with van der Waals surface area (Å²) in [6.45, 7) is 2.31. The van der Waals surface area contributed by atoms with Gasteiger partial charge in [-0.1, -0.05) is 61.0 Å². The number of imide groups is 2. The molecule has 1 aliphatic heterocycles. The number of anilines is 1. The monoisotopic (exact) mass is 460 g/mol. The first kappa shape index (κ1) is 22.3. The van der Waals surface area contributed by atoms with Crippen molar-refractivity contribution in [1.29, 1.82) is 0 Å². The number of hydrogen-bond donors (Lipinski definition) is 1. The van der Waals surface area contributed by atoms with E-state index in [0.29, 0.717) is 28.6 Å². The van der Waals surface area contributed by atoms with Crippen molar-refractivity contribution in [3.63, 3.8) is 0 Å². The van der Waals surface area contributed by atoms with E-state index in [1.54, 1.807) is 30.3 Å². The van der Waals surface area contributed by atoms with E-state index in [-0.39, 0.29) is 5.57 Å². The van der Waals surface area contributed by atoms with Gasteiger partial charge in [-0.3, -0.25) is 14.9 Å². The van der Waals surface area contributed by atoms with Crippen LogP contribution in [0.4, 0.5) is 10.5 Å². The van der Waals surface area contributed by atoms with Gasteiger partial charge in [0.1, 0.15) is 17.9 Å². The molecule has 1 fully saturated rings. The molecular weight excluding hydrogens is 440 g/mol. The van der Waals surface area contributed by atoms with E-state index in [0.717, 1.165) is 22.4 Å². The number of urea groups is 1. The number of nitrogens with zero attached hydrogens (tertiary/aromatic N) is 1. The quantitative estimate of drug-likeness (QED) is 0.408. The first-order valence-electron chi connectivity index (χ1n) is 10.4. The molecule has 0 unspecified atom stereocenters. The summed E-state index contributed by atoms with van der Waals surface area (Å²) in [5.74, 6) is -1.05. The number of rotatable bonds is 6. The van der Waals surface area contributed by atoms with Crippen molar-refractivity contribution < 1.29 is 19.1 Å². The third-order valence-corrected chi connectivity index (χ3v) is 5.45. The minimum absolute atomic E-state index is 0.194. The molecule has 7 heteroatoms. The number of nitrogens with one attached hydrogen (secondary N) is 1. The van der Waals surface area contributed by atoms with Crippen LogP contribution in [0.25, 0.3) is 6.08 Å². The Morgan fingerprint density at radius 3 is 2.36 bits per heavy atom. The van der Waals surface area contributed by atoms with Crippen LogP contribution in [0.3, 0.4) is 0 Å². The average Bonchev–Trinajstić information content (AvgIpc) is 2.82. The number of ether oxygens (including phenoxy) is 1. The summed E-state index contributed by atoms with van der Waals surface area (Å²) >= 11 is 6.17. The van der Waals surface area contributed by atoms with Gasteiger partial charge in [-0.2, -0.15) is 0 Å². The number of carbonyl (C=O) groups excluding carboxylic acids is 3. The summed E-state index contributed by atoms with van der Waals surface area (Å²) in [6.07, 6.45) is 2.22. The lowest BCUT2D eigenvalue weighted by Gasteiger charge is -2.26. The molecule has 166 valence electrons. The number of aryl methyl sites for hydroxylation is 1. The van der Waals surface area contributed by atoms with Crippen molar-refractivity contribution >= 4 is 41.2 Å². The SMILES string of the molecule is CCc1ccc(N2C(=O)NC(=O)/C(=C\c3cc(Cl)ccc3OCc3ccccc3)C2=O)cc1. The van der Waals surface area contributed by atoms with Gasteiger partial charge in [0.2, 0.25) is 0 Å². The number of halogens is 1. The predicted octanol–water partition coefficient (Wildman–Crippen LogP) is 5.15. The van der Waals surface area contributed by atoms with Gasteiger partial charge in [-0.25, -0.2) is 9.69 Å². The molecule has 4 rings (SSSR count). The van der Waals surface area contributed by atoms with Crippen LogP contribution in [0.5, 0.6) is 5.75 Å². The van der Waals surface area contributed by atoms with Gasteiger partial charge in [0.25, 0.3) is 11.8 Å². The molecule has 0 spiro atoms. The molecule has 1 saturated heterocycles. The fourth-order valence-electron chi connectivity index (χ4n) is 3.43. The van der Waals surface area contributed by atoms with Crippen LogP contribution in [0.15, 0.2) is 78.4 Å². The zero-order valence-electron chi connectivity index (χ0n) is 17.9. The Labute approximate surface area is 196 Å². The van der Waals surface area contributed by atoms with Crippen molar-refractivity contribution in [3.8, 4) is 5.75 Å². The maximum absolute atomic E-state index is 13.2. The second-order valence-electron chi connectivity index (χ2n) is 7.43. The Kier molecular flexibility index (Phi) is 6.56. The summed E-state index contributed by atoms with van der Waals surface area (Å²) in [5.41, 5.74) is 2.66. The first-order valence-corrected chi connectivity index (χ1v) is 10.8. The van der Waals surface area contributed by atoms with E-state index in [4.69, 9.17) is 16.3 Å². The Morgan fingerprint density at radius 1 is 0.939 bits per heavy atom. The van der Waals surface area contributed by atoms with Crippen molar-refractivity contribution in [3.05, 3.63) is 100 Å². The molecular formula is C26H21ClN2O4. The Bertz CT molecular complexity index is 1240. The lowest BCUT2D eigenvalue weighted by atomic mass is 10.1. The topological polar surface area (TPSA) is 75.7 Å². The number of amides is 4. The zero-order valence-corrected chi connectivity index (χ0v) is 18.6. The fraction of sp³-hybridized carbons (Fsp3) is 0.115. The van der Waals surface area contributed by atoms with E-state index in [1.807, 2.05) is 49.4 Å². The van der Waals surface area contributed by atoms with E-state index in [9.17, 15) is 14.4 Å². The van der Waals surface area contributed by atoms with Crippen molar-refractivity contribution in [1.82, 2.24) is 5.32 Å². The van der Waals surface area contributed by atoms with Crippen LogP contribution >= 0.6 is 11.6 Å². The number of barbiturate groups is 1. The van der Waals surface area contributed by atoms with E-state index in [2.05, 4.69) is 5.32 Å². The summed E-state index contributed by atoms with van der Waals surface area (Å²) in [7, 11) is 0. The van der Waals surface area contributed by atoms with Crippen molar-refractivity contribution in [2.75, 3.05) is 4.90 Å². The maximum Gasteiger partial charge on any atom is 0.335 e. The molecule has 6 nitrogen and oxygen atoms in total. The normalized spacial score (nSPS) is 15.0. The standard InChI is InChI=1S/C26H21ClN2O4/c1-2-17-8-11-21(12-9-17)29-25(31)22(24(30)28-26(29)32)15-19-14-20(27)10-13-23(19)33-16-18-6-4-3-5-7-18/h3-15H,2,16H2,1H3,(H,28,30,32)/b22-15+. The van der Waals surface area contributed by atoms with Gasteiger partial charge in [-0.05, 0) is 54.0 Å². The summed E-state index contributed by atoms with van der Waals surface area (Å²) in [6, 6.07) is 20.8. The molecule has 4 amide bonds. The third kappa shape index (κ3) is 4.96. The lowest BCUT2D eigenvalue weighted by molar-refractivity contribution is -0.122. The van der Waals surface area contributed by atoms with Crippen LogP contribution in [0.2, 0.25) is 5.02 Å².